The van der Waals surface area contributed by atoms with Gasteiger partial charge in [-0.15, -0.1) is 11.3 Å². The van der Waals surface area contributed by atoms with Gasteiger partial charge in [-0.3, -0.25) is 19.6 Å². The summed E-state index contributed by atoms with van der Waals surface area (Å²) < 4.78 is 6.46. The third kappa shape index (κ3) is 3.72. The zero-order valence-corrected chi connectivity index (χ0v) is 16.3. The molecule has 0 atom stereocenters. The Bertz CT molecular complexity index is 1090. The number of amides is 1. The number of fused-ring (bicyclic) bond motifs is 1. The van der Waals surface area contributed by atoms with Gasteiger partial charge in [0.2, 0.25) is 5.91 Å². The molecule has 0 aliphatic heterocycles. The van der Waals surface area contributed by atoms with E-state index in [0.29, 0.717) is 21.5 Å². The van der Waals surface area contributed by atoms with Crippen LogP contribution in [0, 0.1) is 24.0 Å². The maximum atomic E-state index is 12.5. The average Bonchev–Trinajstić information content (AvgIpc) is 3.15. The minimum absolute atomic E-state index is 0.0799. The summed E-state index contributed by atoms with van der Waals surface area (Å²) in [5, 5.41) is 19.0. The second-order valence-electron chi connectivity index (χ2n) is 6.06. The van der Waals surface area contributed by atoms with Gasteiger partial charge in [0.15, 0.2) is 0 Å². The molecule has 0 unspecified atom stereocenters. The Morgan fingerprint density at radius 1 is 1.36 bits per heavy atom. The smallest absolute Gasteiger partial charge is 0.341 e. The van der Waals surface area contributed by atoms with Gasteiger partial charge in [0.1, 0.15) is 11.5 Å². The van der Waals surface area contributed by atoms with Crippen LogP contribution in [0.15, 0.2) is 24.4 Å². The van der Waals surface area contributed by atoms with Crippen LogP contribution in [-0.4, -0.2) is 33.2 Å². The summed E-state index contributed by atoms with van der Waals surface area (Å²) in [4.78, 5) is 36.2. The molecule has 3 rings (SSSR count). The molecule has 0 radical (unpaired) electrons. The summed E-state index contributed by atoms with van der Waals surface area (Å²) in [7, 11) is 0. The van der Waals surface area contributed by atoms with Crippen LogP contribution >= 0.6 is 11.3 Å². The lowest BCUT2D eigenvalue weighted by Crippen LogP contribution is -2.20. The van der Waals surface area contributed by atoms with Gasteiger partial charge in [-0.2, -0.15) is 5.10 Å². The number of anilines is 1. The molecule has 0 bridgehead atoms. The Hall–Kier alpha value is -3.27. The van der Waals surface area contributed by atoms with Crippen LogP contribution in [0.2, 0.25) is 0 Å². The number of aryl methyl sites for hydroxylation is 1. The number of rotatable bonds is 6. The van der Waals surface area contributed by atoms with Crippen LogP contribution in [0.3, 0.4) is 0 Å². The van der Waals surface area contributed by atoms with Gasteiger partial charge in [0.25, 0.3) is 5.69 Å². The first kappa shape index (κ1) is 19.5. The molecule has 10 heteroatoms. The predicted molar refractivity (Wildman–Crippen MR) is 105 cm³/mol. The highest BCUT2D eigenvalue weighted by Crippen LogP contribution is 2.33. The Balaban J connectivity index is 1.85. The van der Waals surface area contributed by atoms with Crippen molar-refractivity contribution in [1.82, 2.24) is 9.78 Å². The van der Waals surface area contributed by atoms with E-state index in [2.05, 4.69) is 10.4 Å². The number of nitrogens with one attached hydrogen (secondary N) is 1. The molecule has 1 aromatic carbocycles. The minimum Gasteiger partial charge on any atom is -0.462 e. The third-order valence-corrected chi connectivity index (χ3v) is 5.37. The lowest BCUT2D eigenvalue weighted by atomic mass is 10.1. The molecular weight excluding hydrogens is 384 g/mol. The quantitative estimate of drug-likeness (QED) is 0.383. The second-order valence-corrected chi connectivity index (χ2v) is 7.28. The number of thiophene rings is 1. The number of benzene rings is 1. The molecule has 0 aliphatic carbocycles. The number of non-ortho nitro benzene ring substituents is 1. The van der Waals surface area contributed by atoms with E-state index in [1.807, 2.05) is 6.92 Å². The molecule has 0 fully saturated rings. The highest BCUT2D eigenvalue weighted by molar-refractivity contribution is 7.16. The lowest BCUT2D eigenvalue weighted by molar-refractivity contribution is -0.384. The van der Waals surface area contributed by atoms with E-state index in [4.69, 9.17) is 4.74 Å². The van der Waals surface area contributed by atoms with Gasteiger partial charge in [-0.05, 0) is 32.4 Å². The van der Waals surface area contributed by atoms with E-state index in [-0.39, 0.29) is 18.8 Å². The van der Waals surface area contributed by atoms with Crippen LogP contribution in [0.25, 0.3) is 10.9 Å². The first-order chi connectivity index (χ1) is 13.3. The monoisotopic (exact) mass is 402 g/mol. The largest absolute Gasteiger partial charge is 0.462 e. The maximum absolute atomic E-state index is 12.5. The third-order valence-electron chi connectivity index (χ3n) is 4.25. The molecule has 146 valence electrons. The standard InChI is InChI=1S/C18H18N4O5S/c1-4-27-18(24)16-10(2)11(3)28-17(16)20-15(23)9-21-14-7-13(22(25)26)6-5-12(14)8-19-21/h5-8H,4,9H2,1-3H3,(H,20,23). The topological polar surface area (TPSA) is 116 Å². The summed E-state index contributed by atoms with van der Waals surface area (Å²) in [5.41, 5.74) is 1.51. The highest BCUT2D eigenvalue weighted by Gasteiger charge is 2.22. The Morgan fingerprint density at radius 3 is 2.79 bits per heavy atom. The molecule has 3 aromatic rings. The van der Waals surface area contributed by atoms with Gasteiger partial charge in [0.05, 0.1) is 28.8 Å². The number of nitro benzene ring substituents is 1. The summed E-state index contributed by atoms with van der Waals surface area (Å²) in [6.07, 6.45) is 1.54. The molecule has 9 nitrogen and oxygen atoms in total. The lowest BCUT2D eigenvalue weighted by Gasteiger charge is -2.08. The summed E-state index contributed by atoms with van der Waals surface area (Å²) in [5.74, 6) is -0.886. The van der Waals surface area contributed by atoms with Crippen molar-refractivity contribution in [2.24, 2.45) is 0 Å². The maximum Gasteiger partial charge on any atom is 0.341 e. The van der Waals surface area contributed by atoms with Gasteiger partial charge in [-0.25, -0.2) is 4.79 Å². The molecule has 0 spiro atoms. The van der Waals surface area contributed by atoms with Crippen LogP contribution in [0.4, 0.5) is 10.7 Å². The normalized spacial score (nSPS) is 10.8. The van der Waals surface area contributed by atoms with Gasteiger partial charge in [0, 0.05) is 22.4 Å². The average molecular weight is 402 g/mol. The number of ether oxygens (including phenoxy) is 1. The molecule has 1 amide bonds. The first-order valence-corrected chi connectivity index (χ1v) is 9.30. The predicted octanol–water partition coefficient (Wildman–Crippen LogP) is 3.44. The fourth-order valence-electron chi connectivity index (χ4n) is 2.76. The zero-order valence-electron chi connectivity index (χ0n) is 15.5. The number of nitrogens with zero attached hydrogens (tertiary/aromatic N) is 3. The molecule has 0 saturated heterocycles. The molecule has 28 heavy (non-hydrogen) atoms. The summed E-state index contributed by atoms with van der Waals surface area (Å²) in [6.45, 7) is 5.46. The first-order valence-electron chi connectivity index (χ1n) is 8.48. The Kier molecular flexibility index (Phi) is 5.41. The van der Waals surface area contributed by atoms with Crippen LogP contribution < -0.4 is 5.32 Å². The van der Waals surface area contributed by atoms with E-state index < -0.39 is 16.8 Å². The van der Waals surface area contributed by atoms with Gasteiger partial charge < -0.3 is 10.1 Å². The van der Waals surface area contributed by atoms with E-state index >= 15 is 0 Å². The second kappa shape index (κ2) is 7.77. The fraction of sp³-hybridized carbons (Fsp3) is 0.278. The van der Waals surface area contributed by atoms with Crippen molar-refractivity contribution >= 4 is 44.8 Å². The van der Waals surface area contributed by atoms with Crippen molar-refractivity contribution < 1.29 is 19.2 Å². The van der Waals surface area contributed by atoms with Crippen molar-refractivity contribution in [3.05, 3.63) is 50.5 Å². The van der Waals surface area contributed by atoms with Crippen molar-refractivity contribution in [2.45, 2.75) is 27.3 Å². The van der Waals surface area contributed by atoms with Crippen molar-refractivity contribution in [3.63, 3.8) is 0 Å². The fourth-order valence-corrected chi connectivity index (χ4v) is 3.83. The van der Waals surface area contributed by atoms with E-state index in [0.717, 1.165) is 10.4 Å². The number of carbonyl (C=O) groups is 2. The van der Waals surface area contributed by atoms with Crippen molar-refractivity contribution in [3.8, 4) is 0 Å². The van der Waals surface area contributed by atoms with Crippen LogP contribution in [0.5, 0.6) is 0 Å². The van der Waals surface area contributed by atoms with Crippen LogP contribution in [0.1, 0.15) is 27.7 Å². The molecule has 1 N–H and O–H groups in total. The molecule has 2 heterocycles. The minimum atomic E-state index is -0.500. The van der Waals surface area contributed by atoms with Gasteiger partial charge >= 0.3 is 5.97 Å². The van der Waals surface area contributed by atoms with Crippen LogP contribution in [-0.2, 0) is 16.1 Å². The van der Waals surface area contributed by atoms with E-state index in [1.165, 1.54) is 34.3 Å². The van der Waals surface area contributed by atoms with Gasteiger partial charge in [-0.1, -0.05) is 0 Å². The number of carbonyl (C=O) groups excluding carboxylic acids is 2. The van der Waals surface area contributed by atoms with Crippen molar-refractivity contribution in [2.75, 3.05) is 11.9 Å². The van der Waals surface area contributed by atoms with Crippen molar-refractivity contribution in [1.29, 1.82) is 0 Å². The Morgan fingerprint density at radius 2 is 2.11 bits per heavy atom. The highest BCUT2D eigenvalue weighted by atomic mass is 32.1. The van der Waals surface area contributed by atoms with E-state index in [1.54, 1.807) is 19.9 Å². The zero-order chi connectivity index (χ0) is 20.4. The molecule has 0 aliphatic rings. The summed E-state index contributed by atoms with van der Waals surface area (Å²) >= 11 is 1.29. The molecule has 2 aromatic heterocycles. The molecular formula is C18H18N4O5S. The SMILES string of the molecule is CCOC(=O)c1c(NC(=O)Cn2ncc3ccc([N+](=O)[O-])cc32)sc(C)c1C. The Labute approximate surface area is 164 Å². The number of aromatic nitrogens is 2. The number of esters is 1. The number of hydrogen-bond acceptors (Lipinski definition) is 7. The number of hydrogen-bond donors (Lipinski definition) is 1. The molecule has 0 saturated carbocycles. The van der Waals surface area contributed by atoms with E-state index in [9.17, 15) is 19.7 Å². The number of nitro groups is 1. The summed E-state index contributed by atoms with van der Waals surface area (Å²) in [6, 6.07) is 4.34.